The fourth-order valence-electron chi connectivity index (χ4n) is 3.21. The first kappa shape index (κ1) is 17.9. The van der Waals surface area contributed by atoms with Gasteiger partial charge in [-0.3, -0.25) is 9.78 Å². The maximum absolute atomic E-state index is 12.8. The van der Waals surface area contributed by atoms with Crippen molar-refractivity contribution < 1.29 is 14.3 Å². The van der Waals surface area contributed by atoms with Crippen molar-refractivity contribution in [2.75, 3.05) is 23.8 Å². The summed E-state index contributed by atoms with van der Waals surface area (Å²) >= 11 is 0. The summed E-state index contributed by atoms with van der Waals surface area (Å²) in [5.41, 5.74) is 2.34. The lowest BCUT2D eigenvalue weighted by atomic mass is 10.2. The second-order valence-electron chi connectivity index (χ2n) is 6.61. The van der Waals surface area contributed by atoms with Crippen molar-refractivity contribution in [1.29, 1.82) is 0 Å². The number of carbonyl (C=O) groups is 1. The molecule has 0 saturated carbocycles. The van der Waals surface area contributed by atoms with Crippen molar-refractivity contribution in [1.82, 2.24) is 15.0 Å². The molecule has 0 fully saturated rings. The first-order chi connectivity index (χ1) is 14.8. The molecule has 2 N–H and O–H groups in total. The number of aromatic nitrogens is 3. The Morgan fingerprint density at radius 3 is 2.70 bits per heavy atom. The molecule has 5 rings (SSSR count). The average Bonchev–Trinajstić information content (AvgIpc) is 2.79. The number of amides is 1. The lowest BCUT2D eigenvalue weighted by Crippen LogP contribution is -2.15. The van der Waals surface area contributed by atoms with E-state index in [2.05, 4.69) is 25.6 Å². The molecule has 2 aromatic heterocycles. The van der Waals surface area contributed by atoms with E-state index in [0.717, 1.165) is 16.6 Å². The number of rotatable bonds is 4. The third-order valence-corrected chi connectivity index (χ3v) is 4.60. The molecule has 8 heteroatoms. The van der Waals surface area contributed by atoms with E-state index >= 15 is 0 Å². The standard InChI is InChI=1S/C22H17N5O3/c28-22(27-16-5-1-3-14-4-2-8-23-21(14)16)17-12-20(25-13-24-17)26-15-6-7-18-19(11-15)30-10-9-29-18/h1-8,11-13H,9-10H2,(H,27,28)(H,24,25,26). The summed E-state index contributed by atoms with van der Waals surface area (Å²) < 4.78 is 11.1. The van der Waals surface area contributed by atoms with Gasteiger partial charge in [0, 0.05) is 29.4 Å². The van der Waals surface area contributed by atoms with Gasteiger partial charge < -0.3 is 20.1 Å². The molecule has 1 aliphatic heterocycles. The predicted molar refractivity (Wildman–Crippen MR) is 112 cm³/mol. The van der Waals surface area contributed by atoms with Gasteiger partial charge >= 0.3 is 0 Å². The number of hydrogen-bond acceptors (Lipinski definition) is 7. The molecule has 0 atom stereocenters. The summed E-state index contributed by atoms with van der Waals surface area (Å²) in [6, 6.07) is 16.5. The van der Waals surface area contributed by atoms with Crippen molar-refractivity contribution in [2.45, 2.75) is 0 Å². The van der Waals surface area contributed by atoms with Crippen LogP contribution in [0.2, 0.25) is 0 Å². The largest absolute Gasteiger partial charge is 0.486 e. The maximum atomic E-state index is 12.8. The highest BCUT2D eigenvalue weighted by Gasteiger charge is 2.14. The molecule has 8 nitrogen and oxygen atoms in total. The Labute approximate surface area is 171 Å². The molecular weight excluding hydrogens is 382 g/mol. The summed E-state index contributed by atoms with van der Waals surface area (Å²) in [4.78, 5) is 25.4. The predicted octanol–water partition coefficient (Wildman–Crippen LogP) is 3.79. The normalized spacial score (nSPS) is 12.4. The van der Waals surface area contributed by atoms with E-state index < -0.39 is 0 Å². The number of ether oxygens (including phenoxy) is 2. The monoisotopic (exact) mass is 399 g/mol. The van der Waals surface area contributed by atoms with Crippen LogP contribution in [0.1, 0.15) is 10.5 Å². The lowest BCUT2D eigenvalue weighted by molar-refractivity contribution is 0.102. The van der Waals surface area contributed by atoms with Crippen molar-refractivity contribution in [2.24, 2.45) is 0 Å². The minimum Gasteiger partial charge on any atom is -0.486 e. The van der Waals surface area contributed by atoms with Crippen LogP contribution in [-0.2, 0) is 0 Å². The molecule has 0 unspecified atom stereocenters. The topological polar surface area (TPSA) is 98.3 Å². The van der Waals surface area contributed by atoms with Gasteiger partial charge in [0.05, 0.1) is 11.2 Å². The van der Waals surface area contributed by atoms with Crippen LogP contribution in [0.15, 0.2) is 67.1 Å². The van der Waals surface area contributed by atoms with Gasteiger partial charge in [0.2, 0.25) is 0 Å². The van der Waals surface area contributed by atoms with Gasteiger partial charge in [0.1, 0.15) is 31.1 Å². The number of hydrogen-bond donors (Lipinski definition) is 2. The summed E-state index contributed by atoms with van der Waals surface area (Å²) in [6.45, 7) is 1.05. The smallest absolute Gasteiger partial charge is 0.274 e. The van der Waals surface area contributed by atoms with E-state index in [1.165, 1.54) is 6.33 Å². The van der Waals surface area contributed by atoms with Gasteiger partial charge in [0.25, 0.3) is 5.91 Å². The highest BCUT2D eigenvalue weighted by Crippen LogP contribution is 2.33. The molecular formula is C22H17N5O3. The number of fused-ring (bicyclic) bond motifs is 2. The van der Waals surface area contributed by atoms with Gasteiger partial charge in [-0.1, -0.05) is 18.2 Å². The fraction of sp³-hybridized carbons (Fsp3) is 0.0909. The van der Waals surface area contributed by atoms with Crippen LogP contribution >= 0.6 is 0 Å². The zero-order chi connectivity index (χ0) is 20.3. The zero-order valence-corrected chi connectivity index (χ0v) is 15.8. The lowest BCUT2D eigenvalue weighted by Gasteiger charge is -2.19. The number of nitrogens with one attached hydrogen (secondary N) is 2. The second kappa shape index (κ2) is 7.67. The van der Waals surface area contributed by atoms with Gasteiger partial charge in [-0.15, -0.1) is 0 Å². The third-order valence-electron chi connectivity index (χ3n) is 4.60. The summed E-state index contributed by atoms with van der Waals surface area (Å²) in [7, 11) is 0. The number of carbonyl (C=O) groups excluding carboxylic acids is 1. The minimum absolute atomic E-state index is 0.234. The molecule has 1 amide bonds. The van der Waals surface area contributed by atoms with Crippen molar-refractivity contribution in [3.05, 3.63) is 72.8 Å². The Hall–Kier alpha value is -4.20. The number of benzene rings is 2. The molecule has 0 aliphatic carbocycles. The Morgan fingerprint density at radius 2 is 1.77 bits per heavy atom. The van der Waals surface area contributed by atoms with Crippen molar-refractivity contribution in [3.63, 3.8) is 0 Å². The molecule has 1 aliphatic rings. The van der Waals surface area contributed by atoms with Crippen LogP contribution < -0.4 is 20.1 Å². The molecule has 0 bridgehead atoms. The van der Waals surface area contributed by atoms with E-state index in [4.69, 9.17) is 9.47 Å². The van der Waals surface area contributed by atoms with E-state index in [9.17, 15) is 4.79 Å². The summed E-state index contributed by atoms with van der Waals surface area (Å²) in [5, 5.41) is 6.98. The van der Waals surface area contributed by atoms with Crippen LogP contribution in [-0.4, -0.2) is 34.1 Å². The van der Waals surface area contributed by atoms with Crippen LogP contribution in [0.5, 0.6) is 11.5 Å². The Kier molecular flexibility index (Phi) is 4.57. The van der Waals surface area contributed by atoms with E-state index in [1.54, 1.807) is 12.3 Å². The van der Waals surface area contributed by atoms with Crippen molar-refractivity contribution in [3.8, 4) is 11.5 Å². The number of anilines is 3. The fourth-order valence-corrected chi connectivity index (χ4v) is 3.21. The Bertz CT molecular complexity index is 1240. The highest BCUT2D eigenvalue weighted by atomic mass is 16.6. The van der Waals surface area contributed by atoms with Crippen molar-refractivity contribution >= 4 is 34.0 Å². The average molecular weight is 399 g/mol. The van der Waals surface area contributed by atoms with E-state index in [0.29, 0.717) is 36.2 Å². The molecule has 148 valence electrons. The molecule has 0 radical (unpaired) electrons. The third kappa shape index (κ3) is 3.58. The summed E-state index contributed by atoms with van der Waals surface area (Å²) in [6.07, 6.45) is 3.04. The van der Waals surface area contributed by atoms with E-state index in [1.807, 2.05) is 48.5 Å². The number of para-hydroxylation sites is 1. The number of pyridine rings is 1. The summed E-state index contributed by atoms with van der Waals surface area (Å²) in [5.74, 6) is 1.52. The SMILES string of the molecule is O=C(Nc1cccc2cccnc12)c1cc(Nc2ccc3c(c2)OCCO3)ncn1. The van der Waals surface area contributed by atoms with Crippen LogP contribution in [0, 0.1) is 0 Å². The quantitative estimate of drug-likeness (QED) is 0.539. The van der Waals surface area contributed by atoms with Gasteiger partial charge in [-0.05, 0) is 24.3 Å². The second-order valence-corrected chi connectivity index (χ2v) is 6.61. The Morgan fingerprint density at radius 1 is 0.900 bits per heavy atom. The molecule has 3 heterocycles. The highest BCUT2D eigenvalue weighted by molar-refractivity contribution is 6.07. The molecule has 0 saturated heterocycles. The molecule has 2 aromatic carbocycles. The number of nitrogens with zero attached hydrogens (tertiary/aromatic N) is 3. The first-order valence-corrected chi connectivity index (χ1v) is 9.40. The van der Waals surface area contributed by atoms with Gasteiger partial charge in [0.15, 0.2) is 11.5 Å². The minimum atomic E-state index is -0.347. The van der Waals surface area contributed by atoms with E-state index in [-0.39, 0.29) is 11.6 Å². The van der Waals surface area contributed by atoms with Crippen LogP contribution in [0.4, 0.5) is 17.2 Å². The zero-order valence-electron chi connectivity index (χ0n) is 15.8. The Balaban J connectivity index is 1.36. The maximum Gasteiger partial charge on any atom is 0.274 e. The molecule has 0 spiro atoms. The van der Waals surface area contributed by atoms with Crippen LogP contribution in [0.25, 0.3) is 10.9 Å². The van der Waals surface area contributed by atoms with Crippen LogP contribution in [0.3, 0.4) is 0 Å². The first-order valence-electron chi connectivity index (χ1n) is 9.40. The van der Waals surface area contributed by atoms with Gasteiger partial charge in [-0.25, -0.2) is 9.97 Å². The van der Waals surface area contributed by atoms with Gasteiger partial charge in [-0.2, -0.15) is 0 Å². The molecule has 30 heavy (non-hydrogen) atoms. The molecule has 4 aromatic rings.